The molecule has 1 aliphatic heterocycles. The maximum absolute atomic E-state index is 12.9. The van der Waals surface area contributed by atoms with Crippen molar-refractivity contribution in [3.05, 3.63) is 0 Å². The number of esters is 1. The molecule has 0 spiro atoms. The van der Waals surface area contributed by atoms with Gasteiger partial charge in [-0.15, -0.1) is 0 Å². The lowest BCUT2D eigenvalue weighted by Gasteiger charge is -2.35. The Bertz CT molecular complexity index is 336. The van der Waals surface area contributed by atoms with E-state index in [9.17, 15) is 9.59 Å². The van der Waals surface area contributed by atoms with Crippen LogP contribution in [0.2, 0.25) is 0 Å². The Morgan fingerprint density at radius 2 is 2.05 bits per heavy atom. The van der Waals surface area contributed by atoms with Gasteiger partial charge in [-0.3, -0.25) is 9.59 Å². The highest BCUT2D eigenvalue weighted by Gasteiger charge is 2.43. The van der Waals surface area contributed by atoms with E-state index in [0.717, 1.165) is 25.8 Å². The normalized spacial score (nSPS) is 22.1. The average Bonchev–Trinajstić information content (AvgIpc) is 2.85. The van der Waals surface area contributed by atoms with Gasteiger partial charge in [0.05, 0.1) is 12.0 Å². The van der Waals surface area contributed by atoms with Gasteiger partial charge in [0.25, 0.3) is 0 Å². The molecule has 1 heterocycles. The van der Waals surface area contributed by atoms with Gasteiger partial charge in [0.1, 0.15) is 6.54 Å². The van der Waals surface area contributed by atoms with Crippen molar-refractivity contribution in [1.29, 1.82) is 0 Å². The van der Waals surface area contributed by atoms with Gasteiger partial charge in [0, 0.05) is 12.6 Å². The van der Waals surface area contributed by atoms with Crippen molar-refractivity contribution in [2.24, 2.45) is 5.41 Å². The van der Waals surface area contributed by atoms with Gasteiger partial charge >= 0.3 is 5.97 Å². The fraction of sp³-hybridized carbons (Fsp3) is 0.867. The first-order chi connectivity index (χ1) is 9.46. The van der Waals surface area contributed by atoms with E-state index in [-0.39, 0.29) is 29.9 Å². The van der Waals surface area contributed by atoms with Crippen LogP contribution in [0.15, 0.2) is 0 Å². The SMILES string of the molecule is CCCC1(C(=O)N(CC(=O)OCC)C(C)C)CCNC1. The summed E-state index contributed by atoms with van der Waals surface area (Å²) in [5.41, 5.74) is -0.342. The summed E-state index contributed by atoms with van der Waals surface area (Å²) in [5.74, 6) is -0.237. The van der Waals surface area contributed by atoms with Crippen LogP contribution in [0.25, 0.3) is 0 Å². The van der Waals surface area contributed by atoms with Crippen LogP contribution in [0.4, 0.5) is 0 Å². The third-order valence-electron chi connectivity index (χ3n) is 3.91. The molecule has 0 aromatic heterocycles. The largest absolute Gasteiger partial charge is 0.465 e. The topological polar surface area (TPSA) is 58.6 Å². The molecule has 20 heavy (non-hydrogen) atoms. The maximum atomic E-state index is 12.9. The van der Waals surface area contributed by atoms with Crippen molar-refractivity contribution < 1.29 is 14.3 Å². The summed E-state index contributed by atoms with van der Waals surface area (Å²) in [4.78, 5) is 26.3. The van der Waals surface area contributed by atoms with Crippen LogP contribution < -0.4 is 5.32 Å². The highest BCUT2D eigenvalue weighted by Crippen LogP contribution is 2.33. The first-order valence-electron chi connectivity index (χ1n) is 7.64. The summed E-state index contributed by atoms with van der Waals surface area (Å²) < 4.78 is 4.98. The maximum Gasteiger partial charge on any atom is 0.325 e. The smallest absolute Gasteiger partial charge is 0.325 e. The highest BCUT2D eigenvalue weighted by atomic mass is 16.5. The van der Waals surface area contributed by atoms with E-state index < -0.39 is 0 Å². The van der Waals surface area contributed by atoms with Crippen LogP contribution in [0, 0.1) is 5.41 Å². The molecule has 1 unspecified atom stereocenters. The molecule has 0 aromatic rings. The van der Waals surface area contributed by atoms with E-state index in [1.807, 2.05) is 13.8 Å². The van der Waals surface area contributed by atoms with Crippen molar-refractivity contribution in [2.45, 2.75) is 53.0 Å². The molecule has 0 aliphatic carbocycles. The monoisotopic (exact) mass is 284 g/mol. The summed E-state index contributed by atoms with van der Waals surface area (Å²) >= 11 is 0. The molecule has 1 fully saturated rings. The number of hydrogen-bond donors (Lipinski definition) is 1. The zero-order chi connectivity index (χ0) is 15.2. The first kappa shape index (κ1) is 17.0. The third kappa shape index (κ3) is 3.95. The zero-order valence-electron chi connectivity index (χ0n) is 13.2. The number of ether oxygens (including phenoxy) is 1. The lowest BCUT2D eigenvalue weighted by Crippen LogP contribution is -2.50. The van der Waals surface area contributed by atoms with E-state index in [0.29, 0.717) is 13.2 Å². The number of nitrogens with zero attached hydrogens (tertiary/aromatic N) is 1. The van der Waals surface area contributed by atoms with Crippen molar-refractivity contribution in [2.75, 3.05) is 26.2 Å². The Balaban J connectivity index is 2.84. The molecular formula is C15H28N2O3. The Hall–Kier alpha value is -1.10. The lowest BCUT2D eigenvalue weighted by molar-refractivity contribution is -0.154. The molecule has 0 bridgehead atoms. The summed E-state index contributed by atoms with van der Waals surface area (Å²) in [6, 6.07) is 0.00115. The van der Waals surface area contributed by atoms with Gasteiger partial charge in [-0.2, -0.15) is 0 Å². The fourth-order valence-electron chi connectivity index (χ4n) is 2.86. The van der Waals surface area contributed by atoms with Gasteiger partial charge in [-0.1, -0.05) is 13.3 Å². The van der Waals surface area contributed by atoms with Gasteiger partial charge < -0.3 is 15.0 Å². The zero-order valence-corrected chi connectivity index (χ0v) is 13.2. The second kappa shape index (κ2) is 7.62. The predicted molar refractivity (Wildman–Crippen MR) is 78.3 cm³/mol. The standard InChI is InChI=1S/C15H28N2O3/c1-5-7-15(8-9-16-11-15)14(19)17(12(3)4)10-13(18)20-6-2/h12,16H,5-11H2,1-4H3. The number of carbonyl (C=O) groups is 2. The molecule has 0 radical (unpaired) electrons. The summed E-state index contributed by atoms with van der Waals surface area (Å²) in [7, 11) is 0. The number of hydrogen-bond acceptors (Lipinski definition) is 4. The minimum atomic E-state index is -0.342. The fourth-order valence-corrected chi connectivity index (χ4v) is 2.86. The second-order valence-electron chi connectivity index (χ2n) is 5.79. The van der Waals surface area contributed by atoms with Crippen LogP contribution in [-0.2, 0) is 14.3 Å². The van der Waals surface area contributed by atoms with Gasteiger partial charge in [-0.25, -0.2) is 0 Å². The molecule has 1 amide bonds. The summed E-state index contributed by atoms with van der Waals surface area (Å²) in [6.07, 6.45) is 2.69. The Morgan fingerprint density at radius 3 is 2.50 bits per heavy atom. The quantitative estimate of drug-likeness (QED) is 0.721. The molecular weight excluding hydrogens is 256 g/mol. The Labute approximate surface area is 122 Å². The Morgan fingerprint density at radius 1 is 1.35 bits per heavy atom. The second-order valence-corrected chi connectivity index (χ2v) is 5.79. The van der Waals surface area contributed by atoms with E-state index >= 15 is 0 Å². The number of nitrogens with one attached hydrogen (secondary N) is 1. The van der Waals surface area contributed by atoms with Crippen molar-refractivity contribution in [1.82, 2.24) is 10.2 Å². The van der Waals surface area contributed by atoms with E-state index in [1.54, 1.807) is 11.8 Å². The minimum Gasteiger partial charge on any atom is -0.465 e. The summed E-state index contributed by atoms with van der Waals surface area (Å²) in [5, 5.41) is 3.29. The third-order valence-corrected chi connectivity index (χ3v) is 3.91. The van der Waals surface area contributed by atoms with Gasteiger partial charge in [-0.05, 0) is 40.2 Å². The average molecular weight is 284 g/mol. The van der Waals surface area contributed by atoms with Crippen molar-refractivity contribution in [3.63, 3.8) is 0 Å². The molecule has 0 saturated carbocycles. The molecule has 116 valence electrons. The molecule has 1 rings (SSSR count). The van der Waals surface area contributed by atoms with E-state index in [4.69, 9.17) is 4.74 Å². The van der Waals surface area contributed by atoms with Crippen molar-refractivity contribution >= 4 is 11.9 Å². The first-order valence-corrected chi connectivity index (χ1v) is 7.64. The molecule has 1 N–H and O–H groups in total. The minimum absolute atomic E-state index is 0.00115. The van der Waals surface area contributed by atoms with E-state index in [1.165, 1.54) is 0 Å². The molecule has 1 aliphatic rings. The lowest BCUT2D eigenvalue weighted by atomic mass is 9.80. The predicted octanol–water partition coefficient (Wildman–Crippen LogP) is 1.57. The van der Waals surface area contributed by atoms with Crippen LogP contribution in [0.3, 0.4) is 0 Å². The van der Waals surface area contributed by atoms with Crippen LogP contribution in [0.5, 0.6) is 0 Å². The summed E-state index contributed by atoms with van der Waals surface area (Å²) in [6.45, 7) is 9.74. The van der Waals surface area contributed by atoms with Gasteiger partial charge in [0.15, 0.2) is 0 Å². The van der Waals surface area contributed by atoms with Crippen molar-refractivity contribution in [3.8, 4) is 0 Å². The Kier molecular flexibility index (Phi) is 6.46. The van der Waals surface area contributed by atoms with Gasteiger partial charge in [0.2, 0.25) is 5.91 Å². The molecule has 5 nitrogen and oxygen atoms in total. The number of rotatable bonds is 7. The number of carbonyl (C=O) groups excluding carboxylic acids is 2. The molecule has 0 aromatic carbocycles. The highest BCUT2D eigenvalue weighted by molar-refractivity contribution is 5.87. The molecule has 1 saturated heterocycles. The van der Waals surface area contributed by atoms with Crippen LogP contribution in [0.1, 0.15) is 47.0 Å². The number of amides is 1. The van der Waals surface area contributed by atoms with Crippen LogP contribution >= 0.6 is 0 Å². The van der Waals surface area contributed by atoms with Crippen LogP contribution in [-0.4, -0.2) is 49.1 Å². The molecule has 1 atom stereocenters. The molecule has 5 heteroatoms. The van der Waals surface area contributed by atoms with E-state index in [2.05, 4.69) is 12.2 Å².